The summed E-state index contributed by atoms with van der Waals surface area (Å²) in [5.74, 6) is 1.73. The van der Waals surface area contributed by atoms with E-state index in [2.05, 4.69) is 50.2 Å². The van der Waals surface area contributed by atoms with Gasteiger partial charge in [0, 0.05) is 0 Å². The number of rotatable bonds is 0. The van der Waals surface area contributed by atoms with Crippen molar-refractivity contribution in [2.75, 3.05) is 13.2 Å². The van der Waals surface area contributed by atoms with Crippen LogP contribution in [0.2, 0.25) is 0 Å². The Bertz CT molecular complexity index is 781. The van der Waals surface area contributed by atoms with Crippen LogP contribution in [0.25, 0.3) is 10.8 Å². The second-order valence-corrected chi connectivity index (χ2v) is 5.89. The molecule has 132 valence electrons. The number of ether oxygens (including phenoxy) is 2. The van der Waals surface area contributed by atoms with Crippen molar-refractivity contribution in [3.8, 4) is 11.5 Å². The van der Waals surface area contributed by atoms with Crippen LogP contribution in [0.3, 0.4) is 0 Å². The van der Waals surface area contributed by atoms with Crippen molar-refractivity contribution in [3.63, 3.8) is 0 Å². The second kappa shape index (κ2) is 9.12. The minimum absolute atomic E-state index is 0.663. The largest absolute Gasteiger partial charge is 0.486 e. The third-order valence-electron chi connectivity index (χ3n) is 4.06. The number of hydrogen-bond donors (Lipinski definition) is 0. The van der Waals surface area contributed by atoms with Gasteiger partial charge in [-0.3, -0.25) is 0 Å². The lowest BCUT2D eigenvalue weighted by molar-refractivity contribution is 0.171. The molecule has 0 N–H and O–H groups in total. The van der Waals surface area contributed by atoms with Crippen molar-refractivity contribution in [1.82, 2.24) is 0 Å². The van der Waals surface area contributed by atoms with Crippen LogP contribution < -0.4 is 9.47 Å². The maximum atomic E-state index is 5.38. The molecule has 0 fully saturated rings. The van der Waals surface area contributed by atoms with Crippen molar-refractivity contribution in [1.29, 1.82) is 0 Å². The molecule has 0 unspecified atom stereocenters. The molecule has 2 heteroatoms. The molecule has 1 aliphatic heterocycles. The zero-order valence-electron chi connectivity index (χ0n) is 15.9. The van der Waals surface area contributed by atoms with Crippen LogP contribution in [0.5, 0.6) is 11.5 Å². The minimum atomic E-state index is 0.663. The quantitative estimate of drug-likeness (QED) is 0.483. The average Bonchev–Trinajstić information content (AvgIpc) is 2.67. The SMILES string of the molecule is CC.Cc1ccc(C)c2ccccc12.Cc1ccc2c(c1)OCCO2. The molecule has 1 aliphatic rings. The topological polar surface area (TPSA) is 18.5 Å². The molecule has 0 aromatic heterocycles. The lowest BCUT2D eigenvalue weighted by Crippen LogP contribution is -2.15. The Kier molecular flexibility index (Phi) is 6.88. The lowest BCUT2D eigenvalue weighted by atomic mass is 10.0. The van der Waals surface area contributed by atoms with Gasteiger partial charge in [0.15, 0.2) is 11.5 Å². The fourth-order valence-corrected chi connectivity index (χ4v) is 2.75. The summed E-state index contributed by atoms with van der Waals surface area (Å²) < 4.78 is 10.7. The van der Waals surface area contributed by atoms with Crippen LogP contribution in [0, 0.1) is 20.8 Å². The van der Waals surface area contributed by atoms with Crippen molar-refractivity contribution >= 4 is 10.8 Å². The van der Waals surface area contributed by atoms with Gasteiger partial charge in [0.2, 0.25) is 0 Å². The van der Waals surface area contributed by atoms with E-state index in [0.717, 1.165) is 11.5 Å². The molecule has 2 nitrogen and oxygen atoms in total. The predicted molar refractivity (Wildman–Crippen MR) is 107 cm³/mol. The Morgan fingerprint density at radius 2 is 1.16 bits per heavy atom. The molecule has 25 heavy (non-hydrogen) atoms. The number of fused-ring (bicyclic) bond motifs is 2. The van der Waals surface area contributed by atoms with E-state index >= 15 is 0 Å². The summed E-state index contributed by atoms with van der Waals surface area (Å²) in [4.78, 5) is 0. The molecular weight excluding hydrogens is 308 g/mol. The Labute approximate surface area is 151 Å². The molecule has 0 spiro atoms. The van der Waals surface area contributed by atoms with Gasteiger partial charge in [-0.15, -0.1) is 0 Å². The van der Waals surface area contributed by atoms with E-state index in [9.17, 15) is 0 Å². The molecule has 0 amide bonds. The smallest absolute Gasteiger partial charge is 0.161 e. The van der Waals surface area contributed by atoms with Gasteiger partial charge < -0.3 is 9.47 Å². The summed E-state index contributed by atoms with van der Waals surface area (Å²) in [6, 6.07) is 18.9. The van der Waals surface area contributed by atoms with Crippen molar-refractivity contribution in [3.05, 3.63) is 71.3 Å². The summed E-state index contributed by atoms with van der Waals surface area (Å²) in [5.41, 5.74) is 3.92. The summed E-state index contributed by atoms with van der Waals surface area (Å²) in [6.45, 7) is 11.7. The van der Waals surface area contributed by atoms with Crippen molar-refractivity contribution in [2.45, 2.75) is 34.6 Å². The van der Waals surface area contributed by atoms with Crippen LogP contribution in [0.4, 0.5) is 0 Å². The molecule has 0 aliphatic carbocycles. The third-order valence-corrected chi connectivity index (χ3v) is 4.06. The first-order valence-corrected chi connectivity index (χ1v) is 8.96. The monoisotopic (exact) mass is 336 g/mol. The summed E-state index contributed by atoms with van der Waals surface area (Å²) in [6.07, 6.45) is 0. The highest BCUT2D eigenvalue weighted by molar-refractivity contribution is 5.88. The highest BCUT2D eigenvalue weighted by Crippen LogP contribution is 2.30. The van der Waals surface area contributed by atoms with E-state index in [1.807, 2.05) is 39.0 Å². The van der Waals surface area contributed by atoms with Crippen LogP contribution in [0.1, 0.15) is 30.5 Å². The molecule has 3 aromatic rings. The van der Waals surface area contributed by atoms with E-state index in [4.69, 9.17) is 9.47 Å². The number of aryl methyl sites for hydroxylation is 3. The fraction of sp³-hybridized carbons (Fsp3) is 0.304. The van der Waals surface area contributed by atoms with Gasteiger partial charge in [-0.1, -0.05) is 56.3 Å². The molecule has 0 radical (unpaired) electrons. The van der Waals surface area contributed by atoms with Gasteiger partial charge in [-0.05, 0) is 60.4 Å². The third kappa shape index (κ3) is 4.76. The second-order valence-electron chi connectivity index (χ2n) is 5.89. The van der Waals surface area contributed by atoms with Crippen LogP contribution >= 0.6 is 0 Å². The van der Waals surface area contributed by atoms with E-state index in [0.29, 0.717) is 13.2 Å². The Hall–Kier alpha value is -2.48. The fourth-order valence-electron chi connectivity index (χ4n) is 2.75. The Morgan fingerprint density at radius 1 is 0.640 bits per heavy atom. The molecule has 0 bridgehead atoms. The highest BCUT2D eigenvalue weighted by atomic mass is 16.6. The van der Waals surface area contributed by atoms with Gasteiger partial charge in [0.05, 0.1) is 0 Å². The van der Waals surface area contributed by atoms with Crippen molar-refractivity contribution in [2.24, 2.45) is 0 Å². The Morgan fingerprint density at radius 3 is 1.72 bits per heavy atom. The standard InChI is InChI=1S/C12H12.C9H10O2.C2H6/c1-9-7-8-10(2)12-6-4-3-5-11(9)12;1-7-2-3-8-9(6-7)11-5-4-10-8;1-2/h3-8H,1-2H3;2-3,6H,4-5H2,1H3;1-2H3. The Balaban J connectivity index is 0.000000165. The molecule has 4 rings (SSSR count). The highest BCUT2D eigenvalue weighted by Gasteiger charge is 2.09. The molecule has 0 saturated heterocycles. The van der Waals surface area contributed by atoms with E-state index in [1.54, 1.807) is 0 Å². The van der Waals surface area contributed by atoms with Crippen LogP contribution in [0.15, 0.2) is 54.6 Å². The summed E-state index contributed by atoms with van der Waals surface area (Å²) in [5, 5.41) is 2.75. The maximum absolute atomic E-state index is 5.38. The van der Waals surface area contributed by atoms with Crippen LogP contribution in [-0.2, 0) is 0 Å². The molecule has 3 aromatic carbocycles. The summed E-state index contributed by atoms with van der Waals surface area (Å²) in [7, 11) is 0. The normalized spacial score (nSPS) is 11.7. The minimum Gasteiger partial charge on any atom is -0.486 e. The molecular formula is C23H28O2. The average molecular weight is 336 g/mol. The maximum Gasteiger partial charge on any atom is 0.161 e. The first-order valence-electron chi connectivity index (χ1n) is 8.96. The van der Waals surface area contributed by atoms with Gasteiger partial charge in [0.25, 0.3) is 0 Å². The van der Waals surface area contributed by atoms with Crippen LogP contribution in [-0.4, -0.2) is 13.2 Å². The van der Waals surface area contributed by atoms with E-state index < -0.39 is 0 Å². The molecule has 0 saturated carbocycles. The van der Waals surface area contributed by atoms with E-state index in [1.165, 1.54) is 27.5 Å². The lowest BCUT2D eigenvalue weighted by Gasteiger charge is -2.18. The predicted octanol–water partition coefficient (Wildman–Crippen LogP) is 6.25. The molecule has 0 atom stereocenters. The van der Waals surface area contributed by atoms with Gasteiger partial charge in [-0.2, -0.15) is 0 Å². The van der Waals surface area contributed by atoms with Gasteiger partial charge in [-0.25, -0.2) is 0 Å². The first kappa shape index (κ1) is 18.9. The van der Waals surface area contributed by atoms with E-state index in [-0.39, 0.29) is 0 Å². The number of benzene rings is 3. The van der Waals surface area contributed by atoms with Crippen molar-refractivity contribution < 1.29 is 9.47 Å². The zero-order chi connectivity index (χ0) is 18.2. The zero-order valence-corrected chi connectivity index (χ0v) is 15.9. The first-order chi connectivity index (χ1) is 12.1. The molecule has 1 heterocycles. The van der Waals surface area contributed by atoms with Gasteiger partial charge in [0.1, 0.15) is 13.2 Å². The van der Waals surface area contributed by atoms with Gasteiger partial charge >= 0.3 is 0 Å². The summed E-state index contributed by atoms with van der Waals surface area (Å²) >= 11 is 0. The number of hydrogen-bond acceptors (Lipinski definition) is 2.